The molecule has 23 heavy (non-hydrogen) atoms. The molecule has 0 fully saturated rings. The summed E-state index contributed by atoms with van der Waals surface area (Å²) in [5.74, 6) is 0.782. The molecule has 0 bridgehead atoms. The summed E-state index contributed by atoms with van der Waals surface area (Å²) < 4.78 is 18.4. The normalized spacial score (nSPS) is 12.9. The van der Waals surface area contributed by atoms with Gasteiger partial charge in [0, 0.05) is 9.80 Å². The van der Waals surface area contributed by atoms with Gasteiger partial charge in [-0.2, -0.15) is 0 Å². The molecule has 0 aromatic heterocycles. The standard InChI is InChI=1S/C20H24O2S/c1-4-5-6-10-20(17-8-7-9-18(15-17)22-3)23(21)19-13-11-16(2)12-14-19/h7-15H,4-6H2,1-3H3/b20-10-/t23-/m0/s1. The van der Waals surface area contributed by atoms with Gasteiger partial charge in [0.15, 0.2) is 0 Å². The van der Waals surface area contributed by atoms with Crippen LogP contribution in [0.1, 0.15) is 37.3 Å². The molecular formula is C20H24O2S. The number of allylic oxidation sites excluding steroid dienone is 1. The van der Waals surface area contributed by atoms with E-state index in [9.17, 15) is 4.21 Å². The average Bonchev–Trinajstić information content (AvgIpc) is 2.59. The highest BCUT2D eigenvalue weighted by Crippen LogP contribution is 2.28. The van der Waals surface area contributed by atoms with E-state index in [-0.39, 0.29) is 0 Å². The van der Waals surface area contributed by atoms with Crippen LogP contribution in [-0.2, 0) is 10.8 Å². The van der Waals surface area contributed by atoms with Gasteiger partial charge in [-0.05, 0) is 43.2 Å². The highest BCUT2D eigenvalue weighted by Gasteiger charge is 2.13. The summed E-state index contributed by atoms with van der Waals surface area (Å²) in [6.45, 7) is 4.20. The van der Waals surface area contributed by atoms with Crippen molar-refractivity contribution in [2.45, 2.75) is 38.0 Å². The summed E-state index contributed by atoms with van der Waals surface area (Å²) in [6.07, 6.45) is 5.26. The quantitative estimate of drug-likeness (QED) is 0.641. The van der Waals surface area contributed by atoms with Crippen molar-refractivity contribution in [1.29, 1.82) is 0 Å². The van der Waals surface area contributed by atoms with Crippen molar-refractivity contribution in [2.75, 3.05) is 7.11 Å². The molecule has 122 valence electrons. The third-order valence-corrected chi connectivity index (χ3v) is 5.18. The van der Waals surface area contributed by atoms with Crippen molar-refractivity contribution in [1.82, 2.24) is 0 Å². The van der Waals surface area contributed by atoms with Crippen molar-refractivity contribution < 1.29 is 8.95 Å². The van der Waals surface area contributed by atoms with Crippen LogP contribution in [0.5, 0.6) is 5.75 Å². The Hall–Kier alpha value is -1.87. The first-order chi connectivity index (χ1) is 11.2. The largest absolute Gasteiger partial charge is 0.497 e. The minimum absolute atomic E-state index is 0.782. The molecule has 2 aromatic rings. The minimum atomic E-state index is -1.19. The van der Waals surface area contributed by atoms with Crippen molar-refractivity contribution in [2.24, 2.45) is 0 Å². The number of hydrogen-bond acceptors (Lipinski definition) is 2. The number of hydrogen-bond donors (Lipinski definition) is 0. The second-order valence-electron chi connectivity index (χ2n) is 5.52. The molecule has 0 aliphatic heterocycles. The van der Waals surface area contributed by atoms with Crippen LogP contribution in [0.15, 0.2) is 59.5 Å². The number of aryl methyl sites for hydroxylation is 1. The van der Waals surface area contributed by atoms with Crippen LogP contribution in [0.3, 0.4) is 0 Å². The van der Waals surface area contributed by atoms with Crippen LogP contribution in [-0.4, -0.2) is 11.3 Å². The van der Waals surface area contributed by atoms with Gasteiger partial charge in [-0.3, -0.25) is 0 Å². The van der Waals surface area contributed by atoms with Crippen molar-refractivity contribution in [3.63, 3.8) is 0 Å². The molecule has 0 aliphatic rings. The maximum Gasteiger partial charge on any atom is 0.119 e. The SMILES string of the molecule is CCCC/C=C(/c1cccc(OC)c1)[S@@](=O)c1ccc(C)cc1. The second-order valence-corrected chi connectivity index (χ2v) is 6.97. The van der Waals surface area contributed by atoms with Crippen LogP contribution in [0.4, 0.5) is 0 Å². The lowest BCUT2D eigenvalue weighted by atomic mass is 10.1. The van der Waals surface area contributed by atoms with E-state index < -0.39 is 10.8 Å². The van der Waals surface area contributed by atoms with Gasteiger partial charge >= 0.3 is 0 Å². The first-order valence-corrected chi connectivity index (χ1v) is 9.13. The molecule has 3 heteroatoms. The van der Waals surface area contributed by atoms with Gasteiger partial charge < -0.3 is 4.74 Å². The van der Waals surface area contributed by atoms with Gasteiger partial charge in [-0.1, -0.05) is 55.7 Å². The van der Waals surface area contributed by atoms with E-state index in [2.05, 4.69) is 13.0 Å². The van der Waals surface area contributed by atoms with Crippen molar-refractivity contribution in [3.8, 4) is 5.75 Å². The summed E-state index contributed by atoms with van der Waals surface area (Å²) >= 11 is 0. The number of benzene rings is 2. The average molecular weight is 328 g/mol. The van der Waals surface area contributed by atoms with Crippen molar-refractivity contribution in [3.05, 3.63) is 65.7 Å². The van der Waals surface area contributed by atoms with Gasteiger partial charge in [0.2, 0.25) is 0 Å². The molecule has 0 N–H and O–H groups in total. The molecular weight excluding hydrogens is 304 g/mol. The highest BCUT2D eigenvalue weighted by atomic mass is 32.2. The summed E-state index contributed by atoms with van der Waals surface area (Å²) in [6, 6.07) is 15.7. The number of rotatable bonds is 7. The molecule has 0 spiro atoms. The maximum atomic E-state index is 13.1. The van der Waals surface area contributed by atoms with E-state index in [1.165, 1.54) is 5.56 Å². The molecule has 0 saturated heterocycles. The van der Waals surface area contributed by atoms with E-state index >= 15 is 0 Å². The van der Waals surface area contributed by atoms with Crippen LogP contribution in [0, 0.1) is 6.92 Å². The third kappa shape index (κ3) is 4.80. The lowest BCUT2D eigenvalue weighted by Crippen LogP contribution is -1.97. The summed E-state index contributed by atoms with van der Waals surface area (Å²) in [4.78, 5) is 1.70. The van der Waals surface area contributed by atoms with Gasteiger partial charge in [-0.15, -0.1) is 0 Å². The maximum absolute atomic E-state index is 13.1. The van der Waals surface area contributed by atoms with E-state index in [1.54, 1.807) is 7.11 Å². The van der Waals surface area contributed by atoms with Crippen LogP contribution in [0.2, 0.25) is 0 Å². The fourth-order valence-electron chi connectivity index (χ4n) is 2.30. The predicted octanol–water partition coefficient (Wildman–Crippen LogP) is 5.34. The minimum Gasteiger partial charge on any atom is -0.497 e. The Kier molecular flexibility index (Phi) is 6.60. The van der Waals surface area contributed by atoms with Crippen LogP contribution >= 0.6 is 0 Å². The molecule has 2 nitrogen and oxygen atoms in total. The molecule has 0 amide bonds. The second kappa shape index (κ2) is 8.68. The molecule has 1 atom stereocenters. The van der Waals surface area contributed by atoms with Crippen LogP contribution in [0.25, 0.3) is 4.91 Å². The Morgan fingerprint density at radius 3 is 2.57 bits per heavy atom. The zero-order valence-electron chi connectivity index (χ0n) is 14.0. The molecule has 2 rings (SSSR count). The van der Waals surface area contributed by atoms with Gasteiger partial charge in [0.25, 0.3) is 0 Å². The Morgan fingerprint density at radius 2 is 1.91 bits per heavy atom. The Bertz CT molecular complexity index is 687. The number of ether oxygens (including phenoxy) is 1. The zero-order chi connectivity index (χ0) is 16.7. The molecule has 0 saturated carbocycles. The molecule has 2 aromatic carbocycles. The smallest absolute Gasteiger partial charge is 0.119 e. The fourth-order valence-corrected chi connectivity index (χ4v) is 3.55. The summed E-state index contributed by atoms with van der Waals surface area (Å²) in [5.41, 5.74) is 2.13. The molecule has 0 aliphatic carbocycles. The lowest BCUT2D eigenvalue weighted by molar-refractivity contribution is 0.414. The Balaban J connectivity index is 2.38. The lowest BCUT2D eigenvalue weighted by Gasteiger charge is -2.10. The van der Waals surface area contributed by atoms with Gasteiger partial charge in [0.1, 0.15) is 5.75 Å². The Morgan fingerprint density at radius 1 is 1.17 bits per heavy atom. The molecule has 0 heterocycles. The monoisotopic (exact) mass is 328 g/mol. The summed E-state index contributed by atoms with van der Waals surface area (Å²) in [7, 11) is 0.461. The first-order valence-electron chi connectivity index (χ1n) is 7.98. The van der Waals surface area contributed by atoms with E-state index in [4.69, 9.17) is 4.74 Å². The van der Waals surface area contributed by atoms with E-state index in [0.29, 0.717) is 0 Å². The Labute approximate surface area is 141 Å². The number of unbranched alkanes of at least 4 members (excludes halogenated alkanes) is 2. The van der Waals surface area contributed by atoms with Gasteiger partial charge in [0.05, 0.1) is 17.9 Å². The van der Waals surface area contributed by atoms with Gasteiger partial charge in [-0.25, -0.2) is 4.21 Å². The fraction of sp³-hybridized carbons (Fsp3) is 0.300. The molecule has 0 unspecified atom stereocenters. The predicted molar refractivity (Wildman–Crippen MR) is 98.1 cm³/mol. The zero-order valence-corrected chi connectivity index (χ0v) is 14.9. The first kappa shape index (κ1) is 17.5. The van der Waals surface area contributed by atoms with E-state index in [1.807, 2.05) is 55.5 Å². The van der Waals surface area contributed by atoms with Crippen LogP contribution < -0.4 is 4.74 Å². The number of methoxy groups -OCH3 is 1. The molecule has 0 radical (unpaired) electrons. The highest BCUT2D eigenvalue weighted by molar-refractivity contribution is 7.94. The topological polar surface area (TPSA) is 26.3 Å². The van der Waals surface area contributed by atoms with Crippen molar-refractivity contribution >= 4 is 15.7 Å². The third-order valence-electron chi connectivity index (χ3n) is 3.68. The van der Waals surface area contributed by atoms with E-state index in [0.717, 1.165) is 40.4 Å². The summed E-state index contributed by atoms with van der Waals surface area (Å²) in [5, 5.41) is 0.